The van der Waals surface area contributed by atoms with Crippen LogP contribution < -0.4 is 0 Å². The predicted molar refractivity (Wildman–Crippen MR) is 49.1 cm³/mol. The van der Waals surface area contributed by atoms with Crippen molar-refractivity contribution in [2.45, 2.75) is 43.8 Å². The highest BCUT2D eigenvalue weighted by molar-refractivity contribution is 9.09. The lowest BCUT2D eigenvalue weighted by atomic mass is 10.1. The summed E-state index contributed by atoms with van der Waals surface area (Å²) in [5.74, 6) is 0. The largest absolute Gasteiger partial charge is 0.403 e. The van der Waals surface area contributed by atoms with Crippen LogP contribution in [0.15, 0.2) is 0 Å². The van der Waals surface area contributed by atoms with Crippen molar-refractivity contribution >= 4 is 15.9 Å². The minimum absolute atomic E-state index is 0.343. The Morgan fingerprint density at radius 2 is 1.77 bits per heavy atom. The molecule has 0 fully saturated rings. The van der Waals surface area contributed by atoms with Crippen molar-refractivity contribution in [3.05, 3.63) is 0 Å². The molecule has 0 amide bonds. The lowest BCUT2D eigenvalue weighted by Crippen LogP contribution is -2.33. The Labute approximate surface area is 84.8 Å². The maximum Gasteiger partial charge on any atom is 0.403 e. The zero-order valence-corrected chi connectivity index (χ0v) is 9.50. The molecule has 0 heterocycles. The first-order chi connectivity index (χ1) is 5.69. The fourth-order valence-electron chi connectivity index (χ4n) is 0.495. The van der Waals surface area contributed by atoms with E-state index in [0.29, 0.717) is 6.42 Å². The van der Waals surface area contributed by atoms with Gasteiger partial charge >= 0.3 is 6.18 Å². The molecule has 13 heavy (non-hydrogen) atoms. The van der Waals surface area contributed by atoms with Gasteiger partial charge in [-0.05, 0) is 20.3 Å². The molecule has 1 unspecified atom stereocenters. The van der Waals surface area contributed by atoms with Gasteiger partial charge in [-0.3, -0.25) is 0 Å². The van der Waals surface area contributed by atoms with Crippen molar-refractivity contribution in [3.63, 3.8) is 0 Å². The minimum Gasteiger partial charge on any atom is -0.374 e. The molecule has 1 atom stereocenters. The Morgan fingerprint density at radius 1 is 1.31 bits per heavy atom. The van der Waals surface area contributed by atoms with Crippen LogP contribution in [-0.4, -0.2) is 23.2 Å². The maximum atomic E-state index is 12.0. The van der Waals surface area contributed by atoms with Gasteiger partial charge in [0.25, 0.3) is 0 Å². The van der Waals surface area contributed by atoms with Gasteiger partial charge < -0.3 is 4.74 Å². The molecule has 0 aromatic heterocycles. The first-order valence-electron chi connectivity index (χ1n) is 4.04. The number of rotatable bonds is 4. The summed E-state index contributed by atoms with van der Waals surface area (Å²) in [5.41, 5.74) is -0.489. The summed E-state index contributed by atoms with van der Waals surface area (Å²) in [6.45, 7) is 5.06. The molecule has 0 spiro atoms. The lowest BCUT2D eigenvalue weighted by Gasteiger charge is -2.25. The van der Waals surface area contributed by atoms with Gasteiger partial charge in [0.2, 0.25) is 0 Å². The minimum atomic E-state index is -4.23. The molecule has 0 rings (SSSR count). The van der Waals surface area contributed by atoms with Gasteiger partial charge in [-0.2, -0.15) is 13.2 Å². The summed E-state index contributed by atoms with van der Waals surface area (Å²) < 4.78 is 41.1. The first kappa shape index (κ1) is 13.2. The van der Waals surface area contributed by atoms with E-state index >= 15 is 0 Å². The number of ether oxygens (including phenoxy) is 1. The van der Waals surface area contributed by atoms with Gasteiger partial charge in [-0.1, -0.05) is 22.9 Å². The summed E-state index contributed by atoms with van der Waals surface area (Å²) in [5, 5.41) is 0. The molecular formula is C8H14BrF3O. The van der Waals surface area contributed by atoms with Crippen LogP contribution >= 0.6 is 15.9 Å². The number of hydrogen-bond donors (Lipinski definition) is 0. The Bertz CT molecular complexity index is 156. The summed E-state index contributed by atoms with van der Waals surface area (Å²) in [6.07, 6.45) is -3.55. The highest BCUT2D eigenvalue weighted by Gasteiger charge is 2.38. The number of hydrogen-bond acceptors (Lipinski definition) is 1. The zero-order valence-electron chi connectivity index (χ0n) is 7.91. The van der Waals surface area contributed by atoms with Crippen molar-refractivity contribution < 1.29 is 17.9 Å². The molecule has 0 aliphatic carbocycles. The Hall–Kier alpha value is 0.230. The van der Waals surface area contributed by atoms with Crippen LogP contribution in [0.5, 0.6) is 0 Å². The summed E-state index contributed by atoms with van der Waals surface area (Å²) in [6, 6.07) is 0. The van der Waals surface area contributed by atoms with Crippen molar-refractivity contribution in [3.8, 4) is 0 Å². The summed E-state index contributed by atoms with van der Waals surface area (Å²) >= 11 is 2.53. The average Bonchev–Trinajstić information content (AvgIpc) is 1.98. The molecule has 0 N–H and O–H groups in total. The smallest absolute Gasteiger partial charge is 0.374 e. The highest BCUT2D eigenvalue weighted by Crippen LogP contribution is 2.28. The monoisotopic (exact) mass is 262 g/mol. The molecule has 80 valence electrons. The topological polar surface area (TPSA) is 9.23 Å². The van der Waals surface area contributed by atoms with E-state index in [1.165, 1.54) is 0 Å². The van der Waals surface area contributed by atoms with Crippen molar-refractivity contribution in [2.75, 3.05) is 6.61 Å². The summed E-state index contributed by atoms with van der Waals surface area (Å²) in [7, 11) is 0. The van der Waals surface area contributed by atoms with E-state index < -0.39 is 16.6 Å². The van der Waals surface area contributed by atoms with Crippen LogP contribution in [0.3, 0.4) is 0 Å². The number of halogens is 4. The molecule has 0 aromatic carbocycles. The van der Waals surface area contributed by atoms with Gasteiger partial charge in [0, 0.05) is 0 Å². The lowest BCUT2D eigenvalue weighted by molar-refractivity contribution is -0.147. The van der Waals surface area contributed by atoms with Crippen LogP contribution in [0.2, 0.25) is 0 Å². The summed E-state index contributed by atoms with van der Waals surface area (Å²) in [4.78, 5) is -1.58. The maximum absolute atomic E-state index is 12.0. The van der Waals surface area contributed by atoms with Crippen LogP contribution in [0.4, 0.5) is 13.2 Å². The third kappa shape index (κ3) is 5.52. The van der Waals surface area contributed by atoms with E-state index in [1.807, 2.05) is 6.92 Å². The van der Waals surface area contributed by atoms with Crippen LogP contribution in [0.1, 0.15) is 27.2 Å². The molecule has 0 aliphatic rings. The van der Waals surface area contributed by atoms with Crippen LogP contribution in [-0.2, 0) is 4.74 Å². The highest BCUT2D eigenvalue weighted by atomic mass is 79.9. The number of alkyl halides is 4. The third-order valence-corrected chi connectivity index (χ3v) is 2.61. The third-order valence-electron chi connectivity index (χ3n) is 1.83. The Kier molecular flexibility index (Phi) is 4.72. The SMILES string of the molecule is CCC(C)(C)OCC(Br)C(F)(F)F. The van der Waals surface area contributed by atoms with Crippen molar-refractivity contribution in [2.24, 2.45) is 0 Å². The Morgan fingerprint density at radius 3 is 2.08 bits per heavy atom. The second kappa shape index (κ2) is 4.64. The van der Waals surface area contributed by atoms with Gasteiger partial charge in [0.1, 0.15) is 4.83 Å². The predicted octanol–water partition coefficient (Wildman–Crippen LogP) is 3.52. The molecule has 5 heteroatoms. The van der Waals surface area contributed by atoms with Gasteiger partial charge in [-0.15, -0.1) is 0 Å². The second-order valence-electron chi connectivity index (χ2n) is 3.43. The van der Waals surface area contributed by atoms with E-state index in [2.05, 4.69) is 15.9 Å². The first-order valence-corrected chi connectivity index (χ1v) is 4.95. The standard InChI is InChI=1S/C8H14BrF3O/c1-4-7(2,3)13-5-6(9)8(10,11)12/h6H,4-5H2,1-3H3. The van der Waals surface area contributed by atoms with E-state index in [1.54, 1.807) is 13.8 Å². The molecule has 0 aliphatic heterocycles. The quantitative estimate of drug-likeness (QED) is 0.705. The van der Waals surface area contributed by atoms with E-state index in [4.69, 9.17) is 4.74 Å². The van der Waals surface area contributed by atoms with Crippen LogP contribution in [0.25, 0.3) is 0 Å². The van der Waals surface area contributed by atoms with Gasteiger partial charge in [-0.25, -0.2) is 0 Å². The fraction of sp³-hybridized carbons (Fsp3) is 1.00. The molecule has 0 bridgehead atoms. The van der Waals surface area contributed by atoms with Crippen molar-refractivity contribution in [1.82, 2.24) is 0 Å². The fourth-order valence-corrected chi connectivity index (χ4v) is 0.627. The average molecular weight is 263 g/mol. The molecule has 1 nitrogen and oxygen atoms in total. The zero-order chi connectivity index (χ0) is 10.7. The molecule has 0 saturated carbocycles. The molecule has 0 aromatic rings. The molecule has 0 radical (unpaired) electrons. The van der Waals surface area contributed by atoms with Crippen LogP contribution in [0, 0.1) is 0 Å². The van der Waals surface area contributed by atoms with E-state index in [9.17, 15) is 13.2 Å². The normalized spacial score (nSPS) is 15.9. The molecular weight excluding hydrogens is 249 g/mol. The van der Waals surface area contributed by atoms with Crippen molar-refractivity contribution in [1.29, 1.82) is 0 Å². The molecule has 0 saturated heterocycles. The van der Waals surface area contributed by atoms with Gasteiger partial charge in [0.15, 0.2) is 0 Å². The van der Waals surface area contributed by atoms with E-state index in [-0.39, 0.29) is 6.61 Å². The van der Waals surface area contributed by atoms with Gasteiger partial charge in [0.05, 0.1) is 12.2 Å². The van der Waals surface area contributed by atoms with E-state index in [0.717, 1.165) is 0 Å². The second-order valence-corrected chi connectivity index (χ2v) is 4.54. The Balaban J connectivity index is 3.90.